The van der Waals surface area contributed by atoms with E-state index in [1.807, 2.05) is 30.3 Å². The van der Waals surface area contributed by atoms with E-state index in [9.17, 15) is 9.59 Å². The van der Waals surface area contributed by atoms with E-state index in [1.165, 1.54) is 0 Å². The molecule has 104 valence electrons. The Hall–Kier alpha value is -2.34. The maximum Gasteiger partial charge on any atom is 0.323 e. The molecule has 2 heterocycles. The number of halogens is 1. The van der Waals surface area contributed by atoms with Gasteiger partial charge >= 0.3 is 5.69 Å². The molecule has 6 heteroatoms. The second kappa shape index (κ2) is 4.33. The molecule has 1 aliphatic rings. The molecule has 1 aliphatic heterocycles. The highest BCUT2D eigenvalue weighted by atomic mass is 79.9. The third-order valence-electron chi connectivity index (χ3n) is 3.68. The average Bonchev–Trinajstić information content (AvgIpc) is 2.97. The number of nitrogens with zero attached hydrogens (tertiary/aromatic N) is 1. The van der Waals surface area contributed by atoms with Gasteiger partial charge in [-0.3, -0.25) is 4.79 Å². The normalized spacial score (nSPS) is 14.0. The van der Waals surface area contributed by atoms with Crippen molar-refractivity contribution >= 4 is 38.6 Å². The van der Waals surface area contributed by atoms with Crippen LogP contribution in [0.3, 0.4) is 0 Å². The van der Waals surface area contributed by atoms with Crippen LogP contribution in [-0.2, 0) is 6.54 Å². The molecule has 21 heavy (non-hydrogen) atoms. The molecular weight excluding hydrogens is 334 g/mol. The van der Waals surface area contributed by atoms with Crippen LogP contribution in [0.4, 0.5) is 5.69 Å². The molecule has 4 rings (SSSR count). The summed E-state index contributed by atoms with van der Waals surface area (Å²) in [5.74, 6) is -0.0188. The number of hydrogen-bond acceptors (Lipinski definition) is 2. The van der Waals surface area contributed by atoms with E-state index in [2.05, 4.69) is 25.9 Å². The van der Waals surface area contributed by atoms with Gasteiger partial charge in [-0.05, 0) is 42.0 Å². The maximum absolute atomic E-state index is 12.5. The van der Waals surface area contributed by atoms with E-state index in [1.54, 1.807) is 11.0 Å². The third kappa shape index (κ3) is 1.91. The number of H-pyrrole nitrogens is 2. The van der Waals surface area contributed by atoms with Crippen molar-refractivity contribution in [2.45, 2.75) is 6.54 Å². The van der Waals surface area contributed by atoms with Crippen LogP contribution in [0.1, 0.15) is 15.9 Å². The van der Waals surface area contributed by atoms with E-state index < -0.39 is 0 Å². The summed E-state index contributed by atoms with van der Waals surface area (Å²) in [4.78, 5) is 30.9. The van der Waals surface area contributed by atoms with Gasteiger partial charge in [-0.25, -0.2) is 4.79 Å². The van der Waals surface area contributed by atoms with Gasteiger partial charge in [0.15, 0.2) is 0 Å². The Kier molecular flexibility index (Phi) is 2.56. The fourth-order valence-corrected chi connectivity index (χ4v) is 3.09. The third-order valence-corrected chi connectivity index (χ3v) is 4.18. The van der Waals surface area contributed by atoms with Crippen molar-refractivity contribution in [2.75, 3.05) is 4.90 Å². The molecule has 0 saturated heterocycles. The molecule has 1 amide bonds. The lowest BCUT2D eigenvalue weighted by atomic mass is 10.1. The standard InChI is InChI=1S/C15H10BrN3O2/c16-9-1-3-11-8(5-9)7-19(14(11)20)10-2-4-12-13(6-10)18-15(21)17-12/h1-6H,7H2,(H2,17,18,21). The first-order valence-corrected chi connectivity index (χ1v) is 7.23. The monoisotopic (exact) mass is 343 g/mol. The van der Waals surface area contributed by atoms with Crippen molar-refractivity contribution in [3.8, 4) is 0 Å². The first-order chi connectivity index (χ1) is 10.1. The van der Waals surface area contributed by atoms with Gasteiger partial charge in [0.05, 0.1) is 17.6 Å². The molecule has 0 atom stereocenters. The van der Waals surface area contributed by atoms with Crippen LogP contribution in [0.2, 0.25) is 0 Å². The highest BCUT2D eigenvalue weighted by Crippen LogP contribution is 2.31. The summed E-state index contributed by atoms with van der Waals surface area (Å²) in [6, 6.07) is 11.1. The molecule has 0 radical (unpaired) electrons. The second-order valence-electron chi connectivity index (χ2n) is 5.00. The van der Waals surface area contributed by atoms with Gasteiger partial charge in [0.25, 0.3) is 5.91 Å². The lowest BCUT2D eigenvalue weighted by molar-refractivity contribution is 0.0996. The minimum Gasteiger partial charge on any atom is -0.306 e. The Labute approximate surface area is 127 Å². The quantitative estimate of drug-likeness (QED) is 0.713. The minimum atomic E-state index is -0.248. The zero-order valence-electron chi connectivity index (χ0n) is 10.8. The number of hydrogen-bond donors (Lipinski definition) is 2. The Balaban J connectivity index is 1.79. The van der Waals surface area contributed by atoms with Gasteiger partial charge in [-0.2, -0.15) is 0 Å². The molecule has 0 fully saturated rings. The number of anilines is 1. The lowest BCUT2D eigenvalue weighted by Crippen LogP contribution is -2.22. The Morgan fingerprint density at radius 1 is 1.00 bits per heavy atom. The van der Waals surface area contributed by atoms with Crippen LogP contribution in [-0.4, -0.2) is 15.9 Å². The summed E-state index contributed by atoms with van der Waals surface area (Å²) in [5.41, 5.74) is 3.67. The molecule has 5 nitrogen and oxygen atoms in total. The van der Waals surface area contributed by atoms with Crippen molar-refractivity contribution in [2.24, 2.45) is 0 Å². The topological polar surface area (TPSA) is 69.0 Å². The number of aromatic nitrogens is 2. The lowest BCUT2D eigenvalue weighted by Gasteiger charge is -2.15. The largest absolute Gasteiger partial charge is 0.323 e. The summed E-state index contributed by atoms with van der Waals surface area (Å²) >= 11 is 3.42. The maximum atomic E-state index is 12.5. The molecule has 0 bridgehead atoms. The smallest absolute Gasteiger partial charge is 0.306 e. The van der Waals surface area contributed by atoms with Gasteiger partial charge in [-0.15, -0.1) is 0 Å². The molecule has 2 aromatic carbocycles. The number of imidazole rings is 1. The number of aromatic amines is 2. The second-order valence-corrected chi connectivity index (χ2v) is 5.92. The Bertz CT molecular complexity index is 941. The predicted molar refractivity (Wildman–Crippen MR) is 83.6 cm³/mol. The molecule has 3 aromatic rings. The number of amides is 1. The zero-order valence-corrected chi connectivity index (χ0v) is 12.4. The van der Waals surface area contributed by atoms with Crippen LogP contribution in [0.5, 0.6) is 0 Å². The minimum absolute atomic E-state index is 0.0188. The molecule has 0 saturated carbocycles. The van der Waals surface area contributed by atoms with Crippen LogP contribution >= 0.6 is 15.9 Å². The van der Waals surface area contributed by atoms with Gasteiger partial charge in [0.1, 0.15) is 0 Å². The molecule has 2 N–H and O–H groups in total. The zero-order chi connectivity index (χ0) is 14.6. The number of nitrogens with one attached hydrogen (secondary N) is 2. The first-order valence-electron chi connectivity index (χ1n) is 6.44. The van der Waals surface area contributed by atoms with E-state index in [0.29, 0.717) is 12.1 Å². The number of fused-ring (bicyclic) bond motifs is 2. The summed E-state index contributed by atoms with van der Waals surface area (Å²) in [6.07, 6.45) is 0. The SMILES string of the molecule is O=C1c2ccc(Br)cc2CN1c1ccc2[nH]c(=O)[nH]c2c1. The summed E-state index contributed by atoms with van der Waals surface area (Å²) in [7, 11) is 0. The summed E-state index contributed by atoms with van der Waals surface area (Å²) < 4.78 is 0.960. The molecule has 0 spiro atoms. The summed E-state index contributed by atoms with van der Waals surface area (Å²) in [5, 5.41) is 0. The van der Waals surface area contributed by atoms with E-state index in [4.69, 9.17) is 0 Å². The fourth-order valence-electron chi connectivity index (χ4n) is 2.69. The van der Waals surface area contributed by atoms with Gasteiger partial charge in [0, 0.05) is 15.7 Å². The van der Waals surface area contributed by atoms with Gasteiger partial charge in [-0.1, -0.05) is 15.9 Å². The van der Waals surface area contributed by atoms with E-state index in [-0.39, 0.29) is 11.6 Å². The number of rotatable bonds is 1. The number of carbonyl (C=O) groups excluding carboxylic acids is 1. The number of carbonyl (C=O) groups is 1. The van der Waals surface area contributed by atoms with Crippen LogP contribution < -0.4 is 10.6 Å². The van der Waals surface area contributed by atoms with Crippen LogP contribution in [0.25, 0.3) is 11.0 Å². The predicted octanol–water partition coefficient (Wildman–Crippen LogP) is 2.78. The van der Waals surface area contributed by atoms with E-state index in [0.717, 1.165) is 26.8 Å². The molecule has 0 aliphatic carbocycles. The molecule has 1 aromatic heterocycles. The van der Waals surface area contributed by atoms with Gasteiger partial charge in [0.2, 0.25) is 0 Å². The molecular formula is C15H10BrN3O2. The first kappa shape index (κ1) is 12.4. The van der Waals surface area contributed by atoms with E-state index >= 15 is 0 Å². The molecule has 0 unspecified atom stereocenters. The van der Waals surface area contributed by atoms with Crippen molar-refractivity contribution in [3.63, 3.8) is 0 Å². The van der Waals surface area contributed by atoms with Crippen molar-refractivity contribution in [3.05, 3.63) is 62.5 Å². The Morgan fingerprint density at radius 2 is 1.81 bits per heavy atom. The number of benzene rings is 2. The fraction of sp³-hybridized carbons (Fsp3) is 0.0667. The summed E-state index contributed by atoms with van der Waals surface area (Å²) in [6.45, 7) is 0.535. The Morgan fingerprint density at radius 3 is 2.67 bits per heavy atom. The average molecular weight is 344 g/mol. The van der Waals surface area contributed by atoms with Crippen molar-refractivity contribution in [1.82, 2.24) is 9.97 Å². The highest BCUT2D eigenvalue weighted by Gasteiger charge is 2.28. The van der Waals surface area contributed by atoms with Crippen molar-refractivity contribution < 1.29 is 4.79 Å². The van der Waals surface area contributed by atoms with Crippen LogP contribution in [0.15, 0.2) is 45.7 Å². The van der Waals surface area contributed by atoms with Gasteiger partial charge < -0.3 is 14.9 Å². The highest BCUT2D eigenvalue weighted by molar-refractivity contribution is 9.10. The van der Waals surface area contributed by atoms with Crippen LogP contribution in [0, 0.1) is 0 Å². The van der Waals surface area contributed by atoms with Crippen molar-refractivity contribution in [1.29, 1.82) is 0 Å².